The minimum atomic E-state index is 0.473. The third-order valence-corrected chi connectivity index (χ3v) is 2.59. The molecule has 78 valence electrons. The molecule has 2 aliphatic heterocycles. The summed E-state index contributed by atoms with van der Waals surface area (Å²) in [6.07, 6.45) is 6.52. The minimum absolute atomic E-state index is 0.473. The van der Waals surface area contributed by atoms with E-state index in [0.29, 0.717) is 6.04 Å². The molecular weight excluding hydrogens is 162 g/mol. The van der Waals surface area contributed by atoms with Gasteiger partial charge in [0, 0.05) is 6.04 Å². The van der Waals surface area contributed by atoms with E-state index in [1.54, 1.807) is 0 Å². The van der Waals surface area contributed by atoms with Gasteiger partial charge in [0.25, 0.3) is 0 Å². The predicted molar refractivity (Wildman–Crippen MR) is 56.8 cm³/mol. The van der Waals surface area contributed by atoms with Gasteiger partial charge in [-0.3, -0.25) is 0 Å². The van der Waals surface area contributed by atoms with Crippen molar-refractivity contribution in [3.8, 4) is 0 Å². The fraction of sp³-hybridized carbons (Fsp3) is 1.00. The van der Waals surface area contributed by atoms with Gasteiger partial charge in [-0.2, -0.15) is 0 Å². The molecule has 3 heteroatoms. The second-order valence-corrected chi connectivity index (χ2v) is 3.90. The maximum absolute atomic E-state index is 5.59. The largest absolute Gasteiger partial charge is 0.328 e. The maximum Gasteiger partial charge on any atom is 0.00629 e. The van der Waals surface area contributed by atoms with Crippen LogP contribution in [0.3, 0.4) is 0 Å². The zero-order valence-electron chi connectivity index (χ0n) is 8.52. The lowest BCUT2D eigenvalue weighted by atomic mass is 10.1. The highest BCUT2D eigenvalue weighted by Crippen LogP contribution is 1.96. The molecule has 0 unspecified atom stereocenters. The van der Waals surface area contributed by atoms with Crippen LogP contribution in [0.1, 0.15) is 32.1 Å². The lowest BCUT2D eigenvalue weighted by Crippen LogP contribution is -2.35. The van der Waals surface area contributed by atoms with E-state index in [1.165, 1.54) is 32.4 Å². The number of nitrogens with one attached hydrogen (secondary N) is 2. The Morgan fingerprint density at radius 2 is 1.31 bits per heavy atom. The zero-order chi connectivity index (χ0) is 9.36. The topological polar surface area (TPSA) is 50.1 Å². The Labute approximate surface area is 81.5 Å². The van der Waals surface area contributed by atoms with Gasteiger partial charge >= 0.3 is 0 Å². The highest BCUT2D eigenvalue weighted by Gasteiger charge is 2.05. The first kappa shape index (κ1) is 11.0. The van der Waals surface area contributed by atoms with Crippen LogP contribution in [0.2, 0.25) is 0 Å². The Hall–Kier alpha value is -0.120. The van der Waals surface area contributed by atoms with E-state index >= 15 is 0 Å². The van der Waals surface area contributed by atoms with Crippen molar-refractivity contribution in [3.05, 3.63) is 0 Å². The molecule has 0 aromatic rings. The van der Waals surface area contributed by atoms with Gasteiger partial charge in [0.1, 0.15) is 0 Å². The Kier molecular flexibility index (Phi) is 6.15. The molecule has 0 spiro atoms. The second kappa shape index (κ2) is 7.30. The third-order valence-electron chi connectivity index (χ3n) is 2.59. The van der Waals surface area contributed by atoms with Crippen LogP contribution in [0, 0.1) is 0 Å². The van der Waals surface area contributed by atoms with Crippen LogP contribution in [-0.4, -0.2) is 32.2 Å². The summed E-state index contributed by atoms with van der Waals surface area (Å²) >= 11 is 0. The van der Waals surface area contributed by atoms with Crippen LogP contribution in [0.15, 0.2) is 0 Å². The second-order valence-electron chi connectivity index (χ2n) is 3.90. The summed E-state index contributed by atoms with van der Waals surface area (Å²) in [4.78, 5) is 0. The van der Waals surface area contributed by atoms with Crippen molar-refractivity contribution in [2.24, 2.45) is 5.73 Å². The SMILES string of the molecule is C1CCNCC1.NC1CCNCC1. The van der Waals surface area contributed by atoms with E-state index < -0.39 is 0 Å². The predicted octanol–water partition coefficient (Wildman–Crippen LogP) is 0.457. The highest BCUT2D eigenvalue weighted by molar-refractivity contribution is 4.69. The first-order chi connectivity index (χ1) is 6.39. The molecule has 2 saturated heterocycles. The van der Waals surface area contributed by atoms with Crippen molar-refractivity contribution < 1.29 is 0 Å². The summed E-state index contributed by atoms with van der Waals surface area (Å²) in [6, 6.07) is 0.473. The molecule has 2 rings (SSSR count). The van der Waals surface area contributed by atoms with Gasteiger partial charge in [-0.25, -0.2) is 0 Å². The molecule has 0 radical (unpaired) electrons. The van der Waals surface area contributed by atoms with Crippen LogP contribution in [0.5, 0.6) is 0 Å². The average Bonchev–Trinajstić information content (AvgIpc) is 2.22. The molecule has 0 amide bonds. The molecule has 13 heavy (non-hydrogen) atoms. The lowest BCUT2D eigenvalue weighted by molar-refractivity contribution is 0.458. The van der Waals surface area contributed by atoms with E-state index in [4.69, 9.17) is 5.73 Å². The Morgan fingerprint density at radius 3 is 1.54 bits per heavy atom. The van der Waals surface area contributed by atoms with E-state index in [9.17, 15) is 0 Å². The maximum atomic E-state index is 5.59. The highest BCUT2D eigenvalue weighted by atomic mass is 14.9. The number of rotatable bonds is 0. The van der Waals surface area contributed by atoms with Crippen molar-refractivity contribution >= 4 is 0 Å². The average molecular weight is 185 g/mol. The van der Waals surface area contributed by atoms with Gasteiger partial charge in [-0.05, 0) is 51.9 Å². The summed E-state index contributed by atoms with van der Waals surface area (Å²) in [5.74, 6) is 0. The lowest BCUT2D eigenvalue weighted by Gasteiger charge is -2.17. The quantitative estimate of drug-likeness (QED) is 0.514. The van der Waals surface area contributed by atoms with E-state index in [0.717, 1.165) is 25.9 Å². The number of hydrogen-bond acceptors (Lipinski definition) is 3. The summed E-state index contributed by atoms with van der Waals surface area (Å²) in [5, 5.41) is 6.52. The monoisotopic (exact) mass is 185 g/mol. The Morgan fingerprint density at radius 1 is 0.769 bits per heavy atom. The normalized spacial score (nSPS) is 24.7. The molecule has 0 bridgehead atoms. The summed E-state index contributed by atoms with van der Waals surface area (Å²) in [6.45, 7) is 4.72. The molecule has 0 saturated carbocycles. The Bertz CT molecular complexity index is 95.2. The summed E-state index contributed by atoms with van der Waals surface area (Å²) < 4.78 is 0. The third kappa shape index (κ3) is 6.02. The van der Waals surface area contributed by atoms with Gasteiger partial charge in [0.2, 0.25) is 0 Å². The van der Waals surface area contributed by atoms with E-state index in [-0.39, 0.29) is 0 Å². The fourth-order valence-electron chi connectivity index (χ4n) is 1.65. The Balaban J connectivity index is 0.000000132. The van der Waals surface area contributed by atoms with Gasteiger partial charge in [-0.15, -0.1) is 0 Å². The van der Waals surface area contributed by atoms with Crippen LogP contribution in [0.4, 0.5) is 0 Å². The number of nitrogens with two attached hydrogens (primary N) is 1. The van der Waals surface area contributed by atoms with Crippen molar-refractivity contribution in [1.82, 2.24) is 10.6 Å². The number of piperidine rings is 2. The molecule has 0 aliphatic carbocycles. The van der Waals surface area contributed by atoms with Gasteiger partial charge in [-0.1, -0.05) is 6.42 Å². The van der Waals surface area contributed by atoms with Gasteiger partial charge in [0.05, 0.1) is 0 Å². The molecule has 2 fully saturated rings. The molecule has 2 heterocycles. The first-order valence-corrected chi connectivity index (χ1v) is 5.56. The molecule has 0 atom stereocenters. The zero-order valence-corrected chi connectivity index (χ0v) is 8.52. The molecule has 3 nitrogen and oxygen atoms in total. The van der Waals surface area contributed by atoms with Crippen LogP contribution in [0.25, 0.3) is 0 Å². The molecular formula is C10H23N3. The standard InChI is InChI=1S/C5H12N2.C5H11N/c6-5-1-3-7-4-2-5;1-2-4-6-5-3-1/h5,7H,1-4,6H2;6H,1-5H2. The van der Waals surface area contributed by atoms with Crippen LogP contribution >= 0.6 is 0 Å². The van der Waals surface area contributed by atoms with Gasteiger partial charge in [0.15, 0.2) is 0 Å². The number of hydrogen-bond donors (Lipinski definition) is 3. The van der Waals surface area contributed by atoms with Crippen molar-refractivity contribution in [2.45, 2.75) is 38.1 Å². The fourth-order valence-corrected chi connectivity index (χ4v) is 1.65. The first-order valence-electron chi connectivity index (χ1n) is 5.56. The smallest absolute Gasteiger partial charge is 0.00629 e. The van der Waals surface area contributed by atoms with Crippen molar-refractivity contribution in [2.75, 3.05) is 26.2 Å². The molecule has 0 aromatic carbocycles. The molecule has 2 aliphatic rings. The van der Waals surface area contributed by atoms with Crippen molar-refractivity contribution in [3.63, 3.8) is 0 Å². The molecule has 4 N–H and O–H groups in total. The van der Waals surface area contributed by atoms with Crippen LogP contribution < -0.4 is 16.4 Å². The van der Waals surface area contributed by atoms with Crippen LogP contribution in [-0.2, 0) is 0 Å². The van der Waals surface area contributed by atoms with E-state index in [2.05, 4.69) is 10.6 Å². The van der Waals surface area contributed by atoms with Gasteiger partial charge < -0.3 is 16.4 Å². The van der Waals surface area contributed by atoms with Crippen molar-refractivity contribution in [1.29, 1.82) is 0 Å². The summed E-state index contributed by atoms with van der Waals surface area (Å²) in [5.41, 5.74) is 5.59. The molecule has 0 aromatic heterocycles. The minimum Gasteiger partial charge on any atom is -0.328 e. The van der Waals surface area contributed by atoms with E-state index in [1.807, 2.05) is 0 Å². The summed E-state index contributed by atoms with van der Waals surface area (Å²) in [7, 11) is 0.